The van der Waals surface area contributed by atoms with Crippen molar-refractivity contribution in [3.8, 4) is 0 Å². The number of rotatable bonds is 5. The molecule has 2 saturated carbocycles. The molecule has 2 atom stereocenters. The lowest BCUT2D eigenvalue weighted by atomic mass is 9.81. The third-order valence-corrected chi connectivity index (χ3v) is 6.70. The van der Waals surface area contributed by atoms with Crippen molar-refractivity contribution >= 4 is 0 Å². The Balaban J connectivity index is 1.51. The van der Waals surface area contributed by atoms with Crippen molar-refractivity contribution in [2.45, 2.75) is 83.7 Å². The number of nitrogens with one attached hydrogen (secondary N) is 1. The summed E-state index contributed by atoms with van der Waals surface area (Å²) >= 11 is 0. The average molecular weight is 293 g/mol. The van der Waals surface area contributed by atoms with Gasteiger partial charge in [-0.25, -0.2) is 0 Å². The summed E-state index contributed by atoms with van der Waals surface area (Å²) in [5.41, 5.74) is 0.409. The number of nitrogens with zero attached hydrogens (tertiary/aromatic N) is 1. The van der Waals surface area contributed by atoms with Gasteiger partial charge in [-0.1, -0.05) is 39.5 Å². The van der Waals surface area contributed by atoms with Crippen LogP contribution in [0, 0.1) is 17.8 Å². The van der Waals surface area contributed by atoms with Crippen LogP contribution in [-0.4, -0.2) is 36.1 Å². The second-order valence-corrected chi connectivity index (χ2v) is 8.52. The molecule has 1 aliphatic heterocycles. The first-order chi connectivity index (χ1) is 10.1. The highest BCUT2D eigenvalue weighted by Gasteiger charge is 2.45. The molecule has 0 radical (unpaired) electrons. The minimum atomic E-state index is 0.409. The van der Waals surface area contributed by atoms with Crippen molar-refractivity contribution < 1.29 is 0 Å². The molecule has 0 bridgehead atoms. The lowest BCUT2D eigenvalue weighted by molar-refractivity contribution is 0.0652. The van der Waals surface area contributed by atoms with Crippen molar-refractivity contribution in [3.05, 3.63) is 0 Å². The summed E-state index contributed by atoms with van der Waals surface area (Å²) in [5.74, 6) is 2.95. The van der Waals surface area contributed by atoms with Crippen molar-refractivity contribution in [1.29, 1.82) is 0 Å². The van der Waals surface area contributed by atoms with Gasteiger partial charge in [0.05, 0.1) is 0 Å². The second kappa shape index (κ2) is 6.58. The Morgan fingerprint density at radius 3 is 2.43 bits per heavy atom. The third kappa shape index (κ3) is 3.82. The van der Waals surface area contributed by atoms with Crippen LogP contribution in [0.4, 0.5) is 0 Å². The van der Waals surface area contributed by atoms with Crippen molar-refractivity contribution in [1.82, 2.24) is 10.2 Å². The molecule has 0 spiro atoms. The smallest absolute Gasteiger partial charge is 0.0309 e. The summed E-state index contributed by atoms with van der Waals surface area (Å²) in [7, 11) is 0. The lowest BCUT2D eigenvalue weighted by Crippen LogP contribution is -2.64. The van der Waals surface area contributed by atoms with Gasteiger partial charge in [-0.3, -0.25) is 4.90 Å². The Morgan fingerprint density at radius 1 is 1.10 bits per heavy atom. The van der Waals surface area contributed by atoms with Crippen LogP contribution in [-0.2, 0) is 0 Å². The maximum atomic E-state index is 3.89. The van der Waals surface area contributed by atoms with E-state index < -0.39 is 0 Å². The molecular weight excluding hydrogens is 256 g/mol. The molecule has 3 aliphatic rings. The zero-order valence-corrected chi connectivity index (χ0v) is 14.5. The molecule has 3 rings (SSSR count). The molecule has 0 aromatic carbocycles. The summed E-state index contributed by atoms with van der Waals surface area (Å²) in [6, 6.07) is 0.777. The van der Waals surface area contributed by atoms with E-state index in [9.17, 15) is 0 Å². The minimum Gasteiger partial charge on any atom is -0.308 e. The van der Waals surface area contributed by atoms with E-state index in [0.717, 1.165) is 23.8 Å². The molecule has 3 fully saturated rings. The highest BCUT2D eigenvalue weighted by atomic mass is 15.3. The lowest BCUT2D eigenvalue weighted by Gasteiger charge is -2.47. The maximum absolute atomic E-state index is 3.89. The minimum absolute atomic E-state index is 0.409. The molecule has 21 heavy (non-hydrogen) atoms. The Hall–Kier alpha value is -0.0800. The van der Waals surface area contributed by atoms with Gasteiger partial charge in [0.15, 0.2) is 0 Å². The quantitative estimate of drug-likeness (QED) is 0.822. The van der Waals surface area contributed by atoms with E-state index in [1.807, 2.05) is 0 Å². The van der Waals surface area contributed by atoms with Crippen molar-refractivity contribution in [3.63, 3.8) is 0 Å². The van der Waals surface area contributed by atoms with Gasteiger partial charge >= 0.3 is 0 Å². The Labute approximate surface area is 132 Å². The van der Waals surface area contributed by atoms with Crippen LogP contribution in [0.1, 0.15) is 72.1 Å². The van der Waals surface area contributed by atoms with Crippen LogP contribution in [0.15, 0.2) is 0 Å². The molecule has 2 heteroatoms. The van der Waals surface area contributed by atoms with E-state index in [4.69, 9.17) is 0 Å². The summed E-state index contributed by atoms with van der Waals surface area (Å²) in [4.78, 5) is 2.84. The van der Waals surface area contributed by atoms with E-state index in [2.05, 4.69) is 31.0 Å². The molecule has 122 valence electrons. The van der Waals surface area contributed by atoms with Crippen LogP contribution in [0.2, 0.25) is 0 Å². The van der Waals surface area contributed by atoms with Gasteiger partial charge in [0, 0.05) is 24.7 Å². The fraction of sp³-hybridized carbons (Fsp3) is 1.00. The first-order valence-corrected chi connectivity index (χ1v) is 9.60. The first kappa shape index (κ1) is 15.8. The number of piperazine rings is 1. The summed E-state index contributed by atoms with van der Waals surface area (Å²) in [6.07, 6.45) is 11.6. The molecule has 0 amide bonds. The SMILES string of the molecule is CCC1CNC(C)(C2CC2)CN1CCC1CCC(C)CC1. The molecule has 2 aliphatic carbocycles. The zero-order chi connectivity index (χ0) is 14.9. The topological polar surface area (TPSA) is 15.3 Å². The van der Waals surface area contributed by atoms with Gasteiger partial charge in [-0.15, -0.1) is 0 Å². The fourth-order valence-corrected chi connectivity index (χ4v) is 4.71. The maximum Gasteiger partial charge on any atom is 0.0309 e. The van der Waals surface area contributed by atoms with Gasteiger partial charge in [0.2, 0.25) is 0 Å². The average Bonchev–Trinajstić information content (AvgIpc) is 3.32. The summed E-state index contributed by atoms with van der Waals surface area (Å²) < 4.78 is 0. The van der Waals surface area contributed by atoms with Crippen LogP contribution < -0.4 is 5.32 Å². The van der Waals surface area contributed by atoms with Crippen molar-refractivity contribution in [2.24, 2.45) is 17.8 Å². The molecule has 1 heterocycles. The standard InChI is InChI=1S/C19H36N2/c1-4-18-13-20-19(3,17-9-10-17)14-21(18)12-11-16-7-5-15(2)6-8-16/h15-18,20H,4-14H2,1-3H3. The van der Waals surface area contributed by atoms with E-state index >= 15 is 0 Å². The van der Waals surface area contributed by atoms with Gasteiger partial charge in [-0.05, 0) is 56.9 Å². The van der Waals surface area contributed by atoms with Gasteiger partial charge < -0.3 is 5.32 Å². The van der Waals surface area contributed by atoms with E-state index in [0.29, 0.717) is 5.54 Å². The van der Waals surface area contributed by atoms with E-state index in [-0.39, 0.29) is 0 Å². The highest BCUT2D eigenvalue weighted by Crippen LogP contribution is 2.41. The second-order valence-electron chi connectivity index (χ2n) is 8.52. The molecule has 0 aromatic rings. The normalized spacial score (nSPS) is 42.1. The van der Waals surface area contributed by atoms with Crippen LogP contribution in [0.5, 0.6) is 0 Å². The van der Waals surface area contributed by atoms with Gasteiger partial charge in [-0.2, -0.15) is 0 Å². The molecule has 2 unspecified atom stereocenters. The predicted octanol–water partition coefficient (Wildman–Crippen LogP) is 4.06. The van der Waals surface area contributed by atoms with Crippen LogP contribution >= 0.6 is 0 Å². The monoisotopic (exact) mass is 292 g/mol. The van der Waals surface area contributed by atoms with Crippen LogP contribution in [0.25, 0.3) is 0 Å². The van der Waals surface area contributed by atoms with Gasteiger partial charge in [0.1, 0.15) is 0 Å². The Kier molecular flexibility index (Phi) is 4.95. The molecular formula is C19H36N2. The predicted molar refractivity (Wildman–Crippen MR) is 90.5 cm³/mol. The summed E-state index contributed by atoms with van der Waals surface area (Å²) in [6.45, 7) is 11.1. The number of hydrogen-bond acceptors (Lipinski definition) is 2. The van der Waals surface area contributed by atoms with Crippen molar-refractivity contribution in [2.75, 3.05) is 19.6 Å². The fourth-order valence-electron chi connectivity index (χ4n) is 4.71. The first-order valence-electron chi connectivity index (χ1n) is 9.60. The molecule has 1 N–H and O–H groups in total. The van der Waals surface area contributed by atoms with Gasteiger partial charge in [0.25, 0.3) is 0 Å². The highest BCUT2D eigenvalue weighted by molar-refractivity contribution is 5.04. The molecule has 1 saturated heterocycles. The summed E-state index contributed by atoms with van der Waals surface area (Å²) in [5, 5.41) is 3.89. The van der Waals surface area contributed by atoms with E-state index in [1.54, 1.807) is 0 Å². The Bertz CT molecular complexity index is 330. The van der Waals surface area contributed by atoms with Crippen LogP contribution in [0.3, 0.4) is 0 Å². The molecule has 0 aromatic heterocycles. The largest absolute Gasteiger partial charge is 0.308 e. The van der Waals surface area contributed by atoms with E-state index in [1.165, 1.54) is 71.0 Å². The third-order valence-electron chi connectivity index (χ3n) is 6.70. The molecule has 2 nitrogen and oxygen atoms in total. The Morgan fingerprint density at radius 2 is 1.81 bits per heavy atom. The zero-order valence-electron chi connectivity index (χ0n) is 14.5. The number of hydrogen-bond donors (Lipinski definition) is 1.